The number of thioether (sulfide) groups is 1. The number of carboxylic acid groups (broad SMARTS) is 1. The number of imidazole rings is 1. The zero-order valence-corrected chi connectivity index (χ0v) is 11.6. The molecule has 7 nitrogen and oxygen atoms in total. The first-order chi connectivity index (χ1) is 9.66. The summed E-state index contributed by atoms with van der Waals surface area (Å²) in [7, 11) is 0. The van der Waals surface area contributed by atoms with E-state index in [4.69, 9.17) is 0 Å². The van der Waals surface area contributed by atoms with Crippen LogP contribution in [0.3, 0.4) is 0 Å². The summed E-state index contributed by atoms with van der Waals surface area (Å²) >= 11 is 1.57. The first-order valence-electron chi connectivity index (χ1n) is 6.55. The first-order valence-corrected chi connectivity index (χ1v) is 7.60. The van der Waals surface area contributed by atoms with Gasteiger partial charge in [0, 0.05) is 18.1 Å². The molecule has 2 aliphatic rings. The summed E-state index contributed by atoms with van der Waals surface area (Å²) in [5.74, 6) is 0.623. The SMILES string of the molecule is O=C(O)C1CSC(C2CC2)N1C(=O)NCc1ncc[nH]1. The molecular formula is C12H16N4O3S. The number of amides is 2. The normalized spacial score (nSPS) is 25.7. The molecule has 1 aromatic heterocycles. The molecule has 2 atom stereocenters. The van der Waals surface area contributed by atoms with E-state index in [0.717, 1.165) is 12.8 Å². The molecule has 8 heteroatoms. The molecule has 1 aliphatic carbocycles. The molecule has 0 radical (unpaired) electrons. The number of aliphatic carboxylic acids is 1. The highest BCUT2D eigenvalue weighted by molar-refractivity contribution is 8.00. The van der Waals surface area contributed by atoms with E-state index < -0.39 is 12.0 Å². The van der Waals surface area contributed by atoms with Crippen LogP contribution < -0.4 is 5.32 Å². The minimum Gasteiger partial charge on any atom is -0.480 e. The zero-order chi connectivity index (χ0) is 14.1. The smallest absolute Gasteiger partial charge is 0.327 e. The highest BCUT2D eigenvalue weighted by Crippen LogP contribution is 2.45. The van der Waals surface area contributed by atoms with Gasteiger partial charge in [0.25, 0.3) is 0 Å². The van der Waals surface area contributed by atoms with Crippen molar-refractivity contribution in [1.82, 2.24) is 20.2 Å². The third kappa shape index (κ3) is 2.60. The lowest BCUT2D eigenvalue weighted by Crippen LogP contribution is -2.50. The van der Waals surface area contributed by atoms with E-state index in [2.05, 4.69) is 15.3 Å². The maximum Gasteiger partial charge on any atom is 0.327 e. The Morgan fingerprint density at radius 1 is 1.55 bits per heavy atom. The average Bonchev–Trinajstić information content (AvgIpc) is 2.97. The maximum absolute atomic E-state index is 12.3. The second-order valence-electron chi connectivity index (χ2n) is 5.02. The van der Waals surface area contributed by atoms with Gasteiger partial charge >= 0.3 is 12.0 Å². The van der Waals surface area contributed by atoms with Crippen molar-refractivity contribution in [2.45, 2.75) is 30.8 Å². The quantitative estimate of drug-likeness (QED) is 0.765. The lowest BCUT2D eigenvalue weighted by atomic mass is 10.2. The highest BCUT2D eigenvalue weighted by Gasteiger charge is 2.48. The minimum absolute atomic E-state index is 0.00676. The van der Waals surface area contributed by atoms with Gasteiger partial charge in [-0.1, -0.05) is 0 Å². The second-order valence-corrected chi connectivity index (χ2v) is 6.17. The first kappa shape index (κ1) is 13.3. The molecule has 1 saturated carbocycles. The minimum atomic E-state index is -0.936. The monoisotopic (exact) mass is 296 g/mol. The maximum atomic E-state index is 12.3. The molecule has 108 valence electrons. The van der Waals surface area contributed by atoms with E-state index in [-0.39, 0.29) is 17.9 Å². The number of hydrogen-bond donors (Lipinski definition) is 3. The van der Waals surface area contributed by atoms with Crippen LogP contribution in [-0.2, 0) is 11.3 Å². The fourth-order valence-corrected chi connectivity index (χ4v) is 4.00. The molecule has 0 spiro atoms. The fourth-order valence-electron chi connectivity index (χ4n) is 2.36. The van der Waals surface area contributed by atoms with Gasteiger partial charge in [-0.2, -0.15) is 0 Å². The van der Waals surface area contributed by atoms with Crippen LogP contribution in [0.25, 0.3) is 0 Å². The van der Waals surface area contributed by atoms with E-state index in [1.54, 1.807) is 24.2 Å². The van der Waals surface area contributed by atoms with Crippen LogP contribution in [0.15, 0.2) is 12.4 Å². The molecule has 1 saturated heterocycles. The van der Waals surface area contributed by atoms with Crippen molar-refractivity contribution in [2.75, 3.05) is 5.75 Å². The van der Waals surface area contributed by atoms with E-state index in [1.807, 2.05) is 0 Å². The topological polar surface area (TPSA) is 98.3 Å². The standard InChI is InChI=1S/C12H16N4O3S/c17-11(18)8-6-20-10(7-1-2-7)16(8)12(19)15-5-9-13-3-4-14-9/h3-4,7-8,10H,1-2,5-6H2,(H,13,14)(H,15,19)(H,17,18). The molecule has 2 unspecified atom stereocenters. The Balaban J connectivity index is 1.67. The number of rotatable bonds is 4. The molecule has 2 fully saturated rings. The predicted octanol–water partition coefficient (Wildman–Crippen LogP) is 0.857. The summed E-state index contributed by atoms with van der Waals surface area (Å²) < 4.78 is 0. The van der Waals surface area contributed by atoms with Crippen molar-refractivity contribution in [2.24, 2.45) is 5.92 Å². The Bertz CT molecular complexity index is 503. The molecule has 3 N–H and O–H groups in total. The van der Waals surface area contributed by atoms with Crippen LogP contribution in [0.4, 0.5) is 4.79 Å². The summed E-state index contributed by atoms with van der Waals surface area (Å²) in [6, 6.07) is -1.06. The second kappa shape index (κ2) is 5.35. The third-order valence-electron chi connectivity index (χ3n) is 3.54. The Kier molecular flexibility index (Phi) is 3.56. The third-order valence-corrected chi connectivity index (χ3v) is 5.00. The Morgan fingerprint density at radius 2 is 2.35 bits per heavy atom. The van der Waals surface area contributed by atoms with Gasteiger partial charge < -0.3 is 15.4 Å². The van der Waals surface area contributed by atoms with Crippen LogP contribution in [0.5, 0.6) is 0 Å². The van der Waals surface area contributed by atoms with Gasteiger partial charge in [-0.3, -0.25) is 4.90 Å². The van der Waals surface area contributed by atoms with Crippen molar-refractivity contribution >= 4 is 23.8 Å². The molecule has 1 aromatic rings. The van der Waals surface area contributed by atoms with Crippen LogP contribution >= 0.6 is 11.8 Å². The summed E-state index contributed by atoms with van der Waals surface area (Å²) in [6.45, 7) is 0.275. The van der Waals surface area contributed by atoms with Gasteiger partial charge in [0.1, 0.15) is 11.9 Å². The van der Waals surface area contributed by atoms with Crippen LogP contribution in [0.1, 0.15) is 18.7 Å². The molecule has 0 bridgehead atoms. The van der Waals surface area contributed by atoms with Crippen LogP contribution in [0, 0.1) is 5.92 Å². The van der Waals surface area contributed by atoms with E-state index in [0.29, 0.717) is 17.5 Å². The number of aromatic amines is 1. The number of urea groups is 1. The number of nitrogens with one attached hydrogen (secondary N) is 2. The van der Waals surface area contributed by atoms with Crippen molar-refractivity contribution in [3.63, 3.8) is 0 Å². The average molecular weight is 296 g/mol. The lowest BCUT2D eigenvalue weighted by molar-refractivity contribution is -0.141. The van der Waals surface area contributed by atoms with Crippen molar-refractivity contribution in [3.8, 4) is 0 Å². The van der Waals surface area contributed by atoms with Crippen molar-refractivity contribution < 1.29 is 14.7 Å². The fraction of sp³-hybridized carbons (Fsp3) is 0.583. The highest BCUT2D eigenvalue weighted by atomic mass is 32.2. The number of H-pyrrole nitrogens is 1. The molecule has 1 aliphatic heterocycles. The van der Waals surface area contributed by atoms with Gasteiger partial charge in [0.05, 0.1) is 11.9 Å². The number of nitrogens with zero attached hydrogens (tertiary/aromatic N) is 2. The summed E-state index contributed by atoms with van der Waals surface area (Å²) in [6.07, 6.45) is 5.44. The number of carbonyl (C=O) groups is 2. The van der Waals surface area contributed by atoms with Gasteiger partial charge in [-0.05, 0) is 18.8 Å². The Morgan fingerprint density at radius 3 is 2.95 bits per heavy atom. The van der Waals surface area contributed by atoms with Gasteiger partial charge in [0.15, 0.2) is 0 Å². The largest absolute Gasteiger partial charge is 0.480 e. The van der Waals surface area contributed by atoms with Gasteiger partial charge in [-0.25, -0.2) is 14.6 Å². The van der Waals surface area contributed by atoms with Crippen molar-refractivity contribution in [3.05, 3.63) is 18.2 Å². The molecule has 3 rings (SSSR count). The number of carbonyl (C=O) groups excluding carboxylic acids is 1. The summed E-state index contributed by atoms with van der Waals surface area (Å²) in [5.41, 5.74) is 0. The van der Waals surface area contributed by atoms with Crippen LogP contribution in [-0.4, -0.2) is 49.1 Å². The molecule has 2 amide bonds. The number of aromatic nitrogens is 2. The van der Waals surface area contributed by atoms with Crippen molar-refractivity contribution in [1.29, 1.82) is 0 Å². The van der Waals surface area contributed by atoms with E-state index >= 15 is 0 Å². The molecule has 0 aromatic carbocycles. The number of hydrogen-bond acceptors (Lipinski definition) is 4. The summed E-state index contributed by atoms with van der Waals surface area (Å²) in [4.78, 5) is 32.0. The predicted molar refractivity (Wildman–Crippen MR) is 73.1 cm³/mol. The van der Waals surface area contributed by atoms with Gasteiger partial charge in [-0.15, -0.1) is 11.8 Å². The molecule has 20 heavy (non-hydrogen) atoms. The van der Waals surface area contributed by atoms with Gasteiger partial charge in [0.2, 0.25) is 0 Å². The zero-order valence-electron chi connectivity index (χ0n) is 10.8. The van der Waals surface area contributed by atoms with Crippen LogP contribution in [0.2, 0.25) is 0 Å². The molecule has 2 heterocycles. The summed E-state index contributed by atoms with van der Waals surface area (Å²) in [5, 5.41) is 12.0. The van der Waals surface area contributed by atoms with E-state index in [1.165, 1.54) is 4.90 Å². The number of carboxylic acids is 1. The lowest BCUT2D eigenvalue weighted by Gasteiger charge is -2.27. The Hall–Kier alpha value is -1.70. The molecular weight excluding hydrogens is 280 g/mol. The Labute approximate surface area is 120 Å². The van der Waals surface area contributed by atoms with E-state index in [9.17, 15) is 14.7 Å².